The summed E-state index contributed by atoms with van der Waals surface area (Å²) in [5.74, 6) is -1.22. The number of hydrogen-bond acceptors (Lipinski definition) is 7. The molecule has 212 valence electrons. The Morgan fingerprint density at radius 2 is 1.63 bits per heavy atom. The zero-order valence-electron chi connectivity index (χ0n) is 23.3. The summed E-state index contributed by atoms with van der Waals surface area (Å²) in [6.45, 7) is 3.92. The highest BCUT2D eigenvalue weighted by molar-refractivity contribution is 6.39. The van der Waals surface area contributed by atoms with E-state index in [1.807, 2.05) is 43.3 Å². The summed E-state index contributed by atoms with van der Waals surface area (Å²) >= 11 is 0. The molecule has 0 unspecified atom stereocenters. The highest BCUT2D eigenvalue weighted by Crippen LogP contribution is 2.32. The smallest absolute Gasteiger partial charge is 0.340 e. The lowest BCUT2D eigenvalue weighted by molar-refractivity contribution is -0.136. The molecule has 2 aromatic carbocycles. The van der Waals surface area contributed by atoms with Crippen LogP contribution in [0.1, 0.15) is 29.6 Å². The lowest BCUT2D eigenvalue weighted by atomic mass is 10.1. The lowest BCUT2D eigenvalue weighted by Crippen LogP contribution is -2.34. The van der Waals surface area contributed by atoms with Crippen molar-refractivity contribution in [1.82, 2.24) is 10.2 Å². The summed E-state index contributed by atoms with van der Waals surface area (Å²) < 4.78 is 15.9. The molecule has 0 aliphatic carbocycles. The molecule has 2 N–H and O–H groups in total. The van der Waals surface area contributed by atoms with Crippen molar-refractivity contribution in [2.45, 2.75) is 26.8 Å². The standard InChI is InChI=1S/C31H31N3O7/c1-19-5-9-22(10-6-19)33-29(36)28(35)32-18-25-14-13-24(41-25)17-26-27(31(38)40-4)20(2)34(30(26)37)16-15-21-7-11-23(39-3)12-8-21/h5-14,17H,15-16,18H2,1-4H3,(H,32,35)(H,33,36)/b26-17-. The third-order valence-electron chi connectivity index (χ3n) is 6.59. The number of hydrogen-bond donors (Lipinski definition) is 2. The van der Waals surface area contributed by atoms with Crippen LogP contribution in [0, 0.1) is 6.92 Å². The molecule has 10 nitrogen and oxygen atoms in total. The van der Waals surface area contributed by atoms with Crippen LogP contribution in [0.5, 0.6) is 5.75 Å². The SMILES string of the molecule is COC(=O)C1=C(C)N(CCc2ccc(OC)cc2)C(=O)/C1=C\c1ccc(CNC(=O)C(=O)Nc2ccc(C)cc2)o1. The van der Waals surface area contributed by atoms with Crippen LogP contribution >= 0.6 is 0 Å². The highest BCUT2D eigenvalue weighted by Gasteiger charge is 2.37. The first kappa shape index (κ1) is 28.9. The molecule has 1 aromatic heterocycles. The van der Waals surface area contributed by atoms with Crippen LogP contribution in [-0.4, -0.2) is 49.4 Å². The first-order chi connectivity index (χ1) is 19.7. The van der Waals surface area contributed by atoms with Gasteiger partial charge in [0.2, 0.25) is 0 Å². The monoisotopic (exact) mass is 557 g/mol. The van der Waals surface area contributed by atoms with Crippen LogP contribution in [0.4, 0.5) is 5.69 Å². The number of anilines is 1. The van der Waals surface area contributed by atoms with Crippen molar-refractivity contribution in [2.24, 2.45) is 0 Å². The number of benzene rings is 2. The fourth-order valence-corrected chi connectivity index (χ4v) is 4.31. The average molecular weight is 558 g/mol. The van der Waals surface area contributed by atoms with Crippen LogP contribution in [0.15, 0.2) is 81.9 Å². The Morgan fingerprint density at radius 3 is 2.29 bits per heavy atom. The maximum absolute atomic E-state index is 13.4. The number of esters is 1. The van der Waals surface area contributed by atoms with Crippen molar-refractivity contribution in [1.29, 1.82) is 0 Å². The van der Waals surface area contributed by atoms with Gasteiger partial charge in [-0.1, -0.05) is 29.8 Å². The number of carbonyl (C=O) groups is 4. The van der Waals surface area contributed by atoms with Crippen molar-refractivity contribution >= 4 is 35.5 Å². The maximum atomic E-state index is 13.4. The zero-order chi connectivity index (χ0) is 29.5. The number of nitrogens with one attached hydrogen (secondary N) is 2. The number of allylic oxidation sites excluding steroid dienone is 1. The van der Waals surface area contributed by atoms with Gasteiger partial charge in [-0.2, -0.15) is 0 Å². The van der Waals surface area contributed by atoms with Crippen LogP contribution in [-0.2, 0) is 36.9 Å². The normalized spacial score (nSPS) is 13.9. The molecule has 3 aromatic rings. The fraction of sp³-hybridized carbons (Fsp3) is 0.226. The van der Waals surface area contributed by atoms with E-state index in [0.29, 0.717) is 35.9 Å². The van der Waals surface area contributed by atoms with Gasteiger partial charge in [0.25, 0.3) is 5.91 Å². The van der Waals surface area contributed by atoms with Gasteiger partial charge in [-0.15, -0.1) is 0 Å². The van der Waals surface area contributed by atoms with Gasteiger partial charge >= 0.3 is 17.8 Å². The minimum absolute atomic E-state index is 0.0516. The van der Waals surface area contributed by atoms with Crippen LogP contribution < -0.4 is 15.4 Å². The molecule has 1 aliphatic heterocycles. The Labute approximate surface area is 237 Å². The molecular weight excluding hydrogens is 526 g/mol. The van der Waals surface area contributed by atoms with E-state index in [1.165, 1.54) is 13.2 Å². The molecule has 0 bridgehead atoms. The molecule has 1 aliphatic rings. The van der Waals surface area contributed by atoms with Gasteiger partial charge < -0.3 is 29.4 Å². The maximum Gasteiger partial charge on any atom is 0.340 e. The van der Waals surface area contributed by atoms with Crippen molar-refractivity contribution in [3.63, 3.8) is 0 Å². The number of ether oxygens (including phenoxy) is 2. The zero-order valence-corrected chi connectivity index (χ0v) is 23.3. The molecule has 0 spiro atoms. The third kappa shape index (κ3) is 6.91. The molecule has 0 saturated heterocycles. The molecule has 10 heteroatoms. The Kier molecular flexibility index (Phi) is 9.03. The summed E-state index contributed by atoms with van der Waals surface area (Å²) in [7, 11) is 2.85. The Hall–Kier alpha value is -5.12. The molecular formula is C31H31N3O7. The second kappa shape index (κ2) is 12.8. The van der Waals surface area contributed by atoms with E-state index in [-0.39, 0.29) is 23.6 Å². The third-order valence-corrected chi connectivity index (χ3v) is 6.59. The predicted octanol–water partition coefficient (Wildman–Crippen LogP) is 3.77. The van der Waals surface area contributed by atoms with Crippen LogP contribution in [0.3, 0.4) is 0 Å². The first-order valence-electron chi connectivity index (χ1n) is 12.9. The topological polar surface area (TPSA) is 127 Å². The number of rotatable bonds is 9. The van der Waals surface area contributed by atoms with E-state index in [0.717, 1.165) is 16.9 Å². The van der Waals surface area contributed by atoms with E-state index >= 15 is 0 Å². The summed E-state index contributed by atoms with van der Waals surface area (Å²) in [6.07, 6.45) is 2.04. The summed E-state index contributed by atoms with van der Waals surface area (Å²) in [6, 6.07) is 17.8. The number of amides is 3. The van der Waals surface area contributed by atoms with Gasteiger partial charge in [0, 0.05) is 17.9 Å². The second-order valence-corrected chi connectivity index (χ2v) is 9.37. The minimum atomic E-state index is -0.827. The molecule has 2 heterocycles. The Balaban J connectivity index is 1.42. The van der Waals surface area contributed by atoms with Gasteiger partial charge in [-0.3, -0.25) is 14.4 Å². The summed E-state index contributed by atoms with van der Waals surface area (Å²) in [4.78, 5) is 52.0. The molecule has 41 heavy (non-hydrogen) atoms. The summed E-state index contributed by atoms with van der Waals surface area (Å²) in [5.41, 5.74) is 3.33. The van der Waals surface area contributed by atoms with Gasteiger partial charge in [-0.05, 0) is 68.3 Å². The van der Waals surface area contributed by atoms with Crippen molar-refractivity contribution < 1.29 is 33.1 Å². The summed E-state index contributed by atoms with van der Waals surface area (Å²) in [5, 5.41) is 5.03. The molecule has 0 atom stereocenters. The quantitative estimate of drug-likeness (QED) is 0.233. The van der Waals surface area contributed by atoms with Crippen LogP contribution in [0.25, 0.3) is 6.08 Å². The van der Waals surface area contributed by atoms with Crippen LogP contribution in [0.2, 0.25) is 0 Å². The van der Waals surface area contributed by atoms with E-state index in [4.69, 9.17) is 13.9 Å². The highest BCUT2D eigenvalue weighted by atomic mass is 16.5. The Morgan fingerprint density at radius 1 is 0.927 bits per heavy atom. The van der Waals surface area contributed by atoms with Crippen molar-refractivity contribution in [3.8, 4) is 5.75 Å². The number of nitrogens with zero attached hydrogens (tertiary/aromatic N) is 1. The number of furan rings is 1. The van der Waals surface area contributed by atoms with E-state index in [2.05, 4.69) is 10.6 Å². The van der Waals surface area contributed by atoms with Gasteiger partial charge in [0.1, 0.15) is 17.3 Å². The van der Waals surface area contributed by atoms with E-state index < -0.39 is 17.8 Å². The molecule has 3 amide bonds. The lowest BCUT2D eigenvalue weighted by Gasteiger charge is -2.17. The van der Waals surface area contributed by atoms with Crippen molar-refractivity contribution in [3.05, 3.63) is 100 Å². The Bertz CT molecular complexity index is 1520. The van der Waals surface area contributed by atoms with E-state index in [1.54, 1.807) is 43.2 Å². The van der Waals surface area contributed by atoms with E-state index in [9.17, 15) is 19.2 Å². The minimum Gasteiger partial charge on any atom is -0.497 e. The molecule has 0 fully saturated rings. The largest absolute Gasteiger partial charge is 0.497 e. The molecule has 4 rings (SSSR count). The number of methoxy groups -OCH3 is 2. The second-order valence-electron chi connectivity index (χ2n) is 9.37. The fourth-order valence-electron chi connectivity index (χ4n) is 4.31. The van der Waals surface area contributed by atoms with Gasteiger partial charge in [-0.25, -0.2) is 4.79 Å². The average Bonchev–Trinajstić information content (AvgIpc) is 3.52. The number of carbonyl (C=O) groups excluding carboxylic acids is 4. The van der Waals surface area contributed by atoms with Crippen molar-refractivity contribution in [2.75, 3.05) is 26.1 Å². The van der Waals surface area contributed by atoms with Gasteiger partial charge in [0.05, 0.1) is 31.9 Å². The predicted molar refractivity (Wildman–Crippen MR) is 151 cm³/mol. The first-order valence-corrected chi connectivity index (χ1v) is 12.9. The molecule has 0 radical (unpaired) electrons. The molecule has 0 saturated carbocycles. The van der Waals surface area contributed by atoms with Gasteiger partial charge in [0.15, 0.2) is 0 Å². The number of aryl methyl sites for hydroxylation is 1.